The maximum Gasteiger partial charge on any atom is 0.333 e. The zero-order valence-electron chi connectivity index (χ0n) is 10.5. The van der Waals surface area contributed by atoms with Crippen molar-refractivity contribution in [2.75, 3.05) is 0 Å². The first kappa shape index (κ1) is 10.4. The van der Waals surface area contributed by atoms with Gasteiger partial charge >= 0.3 is 5.69 Å². The molecule has 2 aromatic heterocycles. The van der Waals surface area contributed by atoms with E-state index in [4.69, 9.17) is 0 Å². The molecule has 0 fully saturated rings. The molecule has 4 aromatic rings. The maximum absolute atomic E-state index is 12.5. The minimum Gasteiger partial charge on any atom is -0.296 e. The van der Waals surface area contributed by atoms with Crippen molar-refractivity contribution >= 4 is 27.3 Å². The van der Waals surface area contributed by atoms with Crippen molar-refractivity contribution in [1.82, 2.24) is 8.97 Å². The molecule has 0 unspecified atom stereocenters. The average Bonchev–Trinajstić information content (AvgIpc) is 2.84. The summed E-state index contributed by atoms with van der Waals surface area (Å²) in [6.45, 7) is 0. The van der Waals surface area contributed by atoms with Gasteiger partial charge in [0.1, 0.15) is 0 Å². The largest absolute Gasteiger partial charge is 0.333 e. The fraction of sp³-hybridized carbons (Fsp3) is 0.0625. The molecule has 0 N–H and O–H groups in total. The van der Waals surface area contributed by atoms with Gasteiger partial charge in [0.25, 0.3) is 0 Å². The lowest BCUT2D eigenvalue weighted by atomic mass is 10.2. The van der Waals surface area contributed by atoms with Gasteiger partial charge in [0.2, 0.25) is 0 Å². The van der Waals surface area contributed by atoms with Crippen LogP contribution in [0.4, 0.5) is 0 Å². The number of para-hydroxylation sites is 2. The van der Waals surface area contributed by atoms with E-state index >= 15 is 0 Å². The van der Waals surface area contributed by atoms with E-state index in [1.807, 2.05) is 49.5 Å². The summed E-state index contributed by atoms with van der Waals surface area (Å²) in [4.78, 5) is 12.5. The zero-order chi connectivity index (χ0) is 13.0. The van der Waals surface area contributed by atoms with Crippen LogP contribution in [-0.4, -0.2) is 8.97 Å². The second kappa shape index (κ2) is 3.48. The van der Waals surface area contributed by atoms with Crippen molar-refractivity contribution in [3.8, 4) is 0 Å². The smallest absolute Gasteiger partial charge is 0.296 e. The lowest BCUT2D eigenvalue weighted by molar-refractivity contribution is 0.838. The predicted octanol–water partition coefficient (Wildman–Crippen LogP) is 2.94. The molecule has 0 aliphatic rings. The van der Waals surface area contributed by atoms with Crippen molar-refractivity contribution in [2.45, 2.75) is 0 Å². The predicted molar refractivity (Wildman–Crippen MR) is 77.7 cm³/mol. The number of aromatic nitrogens is 2. The van der Waals surface area contributed by atoms with E-state index in [2.05, 4.69) is 12.1 Å². The molecule has 2 aromatic carbocycles. The molecular weight excluding hydrogens is 236 g/mol. The Kier molecular flexibility index (Phi) is 1.90. The molecule has 19 heavy (non-hydrogen) atoms. The maximum atomic E-state index is 12.5. The van der Waals surface area contributed by atoms with Crippen LogP contribution in [0.15, 0.2) is 59.4 Å². The highest BCUT2D eigenvalue weighted by molar-refractivity contribution is 6.00. The van der Waals surface area contributed by atoms with Gasteiger partial charge in [-0.2, -0.15) is 0 Å². The van der Waals surface area contributed by atoms with Gasteiger partial charge in [-0.1, -0.05) is 36.4 Å². The van der Waals surface area contributed by atoms with E-state index in [0.717, 1.165) is 27.3 Å². The fourth-order valence-corrected chi connectivity index (χ4v) is 2.79. The van der Waals surface area contributed by atoms with E-state index in [1.54, 1.807) is 8.97 Å². The molecule has 0 radical (unpaired) electrons. The molecule has 0 atom stereocenters. The van der Waals surface area contributed by atoms with Crippen LogP contribution in [0.25, 0.3) is 27.3 Å². The van der Waals surface area contributed by atoms with Gasteiger partial charge in [0.05, 0.1) is 16.6 Å². The van der Waals surface area contributed by atoms with E-state index < -0.39 is 0 Å². The Morgan fingerprint density at radius 1 is 0.842 bits per heavy atom. The van der Waals surface area contributed by atoms with Crippen LogP contribution in [0.3, 0.4) is 0 Å². The number of hydrogen-bond acceptors (Lipinski definition) is 1. The number of rotatable bonds is 0. The average molecular weight is 248 g/mol. The third-order valence-corrected chi connectivity index (χ3v) is 3.73. The topological polar surface area (TPSA) is 26.4 Å². The number of fused-ring (bicyclic) bond motifs is 5. The van der Waals surface area contributed by atoms with Crippen molar-refractivity contribution in [2.24, 2.45) is 7.05 Å². The summed E-state index contributed by atoms with van der Waals surface area (Å²) in [6, 6.07) is 18.1. The van der Waals surface area contributed by atoms with Crippen molar-refractivity contribution < 1.29 is 0 Å². The Bertz CT molecular complexity index is 992. The van der Waals surface area contributed by atoms with Crippen LogP contribution in [0.1, 0.15) is 0 Å². The SMILES string of the molecule is Cn1c(=O)n2c3ccccc3cc2c2ccccc21. The Hall–Kier alpha value is -2.55. The lowest BCUT2D eigenvalue weighted by Gasteiger charge is -2.07. The van der Waals surface area contributed by atoms with Crippen LogP contribution in [-0.2, 0) is 7.05 Å². The molecular formula is C16H12N2O. The molecule has 0 amide bonds. The molecule has 0 bridgehead atoms. The molecule has 0 saturated heterocycles. The minimum absolute atomic E-state index is 0.00472. The summed E-state index contributed by atoms with van der Waals surface area (Å²) in [5.41, 5.74) is 2.89. The fourth-order valence-electron chi connectivity index (χ4n) is 2.79. The molecule has 0 saturated carbocycles. The third kappa shape index (κ3) is 1.24. The van der Waals surface area contributed by atoms with Crippen LogP contribution in [0, 0.1) is 0 Å². The van der Waals surface area contributed by atoms with E-state index in [1.165, 1.54) is 0 Å². The van der Waals surface area contributed by atoms with Gasteiger partial charge in [-0.15, -0.1) is 0 Å². The molecule has 92 valence electrons. The zero-order valence-corrected chi connectivity index (χ0v) is 10.5. The monoisotopic (exact) mass is 248 g/mol. The number of benzene rings is 2. The standard InChI is InChI=1S/C16H12N2O/c1-17-14-9-5-3-7-12(14)15-10-11-6-2-4-8-13(11)18(15)16(17)19/h2-10H,1H3. The van der Waals surface area contributed by atoms with Crippen molar-refractivity contribution in [3.63, 3.8) is 0 Å². The van der Waals surface area contributed by atoms with Crippen LogP contribution in [0.5, 0.6) is 0 Å². The third-order valence-electron chi connectivity index (χ3n) is 3.73. The van der Waals surface area contributed by atoms with Crippen LogP contribution >= 0.6 is 0 Å². The molecule has 3 nitrogen and oxygen atoms in total. The molecule has 3 heteroatoms. The molecule has 2 heterocycles. The second-order valence-corrected chi connectivity index (χ2v) is 4.78. The highest BCUT2D eigenvalue weighted by Gasteiger charge is 2.10. The molecule has 4 rings (SSSR count). The van der Waals surface area contributed by atoms with E-state index in [0.29, 0.717) is 0 Å². The van der Waals surface area contributed by atoms with Gasteiger partial charge < -0.3 is 0 Å². The highest BCUT2D eigenvalue weighted by atomic mass is 16.1. The Morgan fingerprint density at radius 2 is 1.53 bits per heavy atom. The Morgan fingerprint density at radius 3 is 2.37 bits per heavy atom. The summed E-state index contributed by atoms with van der Waals surface area (Å²) in [5, 5.41) is 2.19. The van der Waals surface area contributed by atoms with E-state index in [9.17, 15) is 4.79 Å². The Balaban J connectivity index is 2.45. The highest BCUT2D eigenvalue weighted by Crippen LogP contribution is 2.24. The number of nitrogens with zero attached hydrogens (tertiary/aromatic N) is 2. The first-order valence-electron chi connectivity index (χ1n) is 6.25. The Labute approximate surface area is 109 Å². The van der Waals surface area contributed by atoms with Gasteiger partial charge in [0.15, 0.2) is 0 Å². The number of aryl methyl sites for hydroxylation is 1. The molecule has 0 aliphatic carbocycles. The van der Waals surface area contributed by atoms with Crippen LogP contribution in [0.2, 0.25) is 0 Å². The molecule has 0 spiro atoms. The van der Waals surface area contributed by atoms with Gasteiger partial charge in [-0.05, 0) is 18.2 Å². The summed E-state index contributed by atoms with van der Waals surface area (Å²) >= 11 is 0. The van der Waals surface area contributed by atoms with Crippen molar-refractivity contribution in [1.29, 1.82) is 0 Å². The van der Waals surface area contributed by atoms with E-state index in [-0.39, 0.29) is 5.69 Å². The summed E-state index contributed by atoms with van der Waals surface area (Å²) in [5.74, 6) is 0. The summed E-state index contributed by atoms with van der Waals surface area (Å²) in [6.07, 6.45) is 0. The van der Waals surface area contributed by atoms with Gasteiger partial charge in [-0.25, -0.2) is 4.79 Å². The normalized spacial score (nSPS) is 11.6. The lowest BCUT2D eigenvalue weighted by Crippen LogP contribution is -2.24. The number of hydrogen-bond donors (Lipinski definition) is 0. The molecule has 0 aliphatic heterocycles. The minimum atomic E-state index is -0.00472. The summed E-state index contributed by atoms with van der Waals surface area (Å²) in [7, 11) is 1.82. The quantitative estimate of drug-likeness (QED) is 0.470. The van der Waals surface area contributed by atoms with Gasteiger partial charge in [-0.3, -0.25) is 8.97 Å². The summed E-state index contributed by atoms with van der Waals surface area (Å²) < 4.78 is 3.49. The first-order valence-corrected chi connectivity index (χ1v) is 6.25. The second-order valence-electron chi connectivity index (χ2n) is 4.78. The van der Waals surface area contributed by atoms with Gasteiger partial charge in [0, 0.05) is 17.8 Å². The first-order chi connectivity index (χ1) is 9.27. The van der Waals surface area contributed by atoms with Crippen LogP contribution < -0.4 is 5.69 Å². The van der Waals surface area contributed by atoms with Crippen molar-refractivity contribution in [3.05, 3.63) is 65.1 Å².